The third-order valence-corrected chi connectivity index (χ3v) is 1.89. The van der Waals surface area contributed by atoms with Gasteiger partial charge in [-0.2, -0.15) is 0 Å². The van der Waals surface area contributed by atoms with Crippen LogP contribution in [0.5, 0.6) is 0 Å². The summed E-state index contributed by atoms with van der Waals surface area (Å²) in [6.07, 6.45) is -2.59. The van der Waals surface area contributed by atoms with Crippen LogP contribution in [0.25, 0.3) is 0 Å². The SMILES string of the molecule is O=C(NCC(F)F)c1ccccc1C#CCO. The molecule has 0 bridgehead atoms. The van der Waals surface area contributed by atoms with E-state index in [4.69, 9.17) is 5.11 Å². The Balaban J connectivity index is 2.85. The minimum absolute atomic E-state index is 0.217. The predicted molar refractivity (Wildman–Crippen MR) is 58.7 cm³/mol. The third kappa shape index (κ3) is 4.21. The average Bonchev–Trinajstić information content (AvgIpc) is 2.33. The van der Waals surface area contributed by atoms with Gasteiger partial charge < -0.3 is 10.4 Å². The fourth-order valence-corrected chi connectivity index (χ4v) is 1.19. The van der Waals surface area contributed by atoms with Crippen LogP contribution in [-0.2, 0) is 0 Å². The number of alkyl halides is 2. The maximum absolute atomic E-state index is 11.9. The van der Waals surface area contributed by atoms with Crippen LogP contribution in [0.1, 0.15) is 15.9 Å². The van der Waals surface area contributed by atoms with Crippen molar-refractivity contribution in [1.29, 1.82) is 0 Å². The summed E-state index contributed by atoms with van der Waals surface area (Å²) in [6.45, 7) is -1.02. The van der Waals surface area contributed by atoms with E-state index in [-0.39, 0.29) is 12.2 Å². The van der Waals surface area contributed by atoms with E-state index in [2.05, 4.69) is 17.2 Å². The van der Waals surface area contributed by atoms with Gasteiger partial charge in [-0.25, -0.2) is 8.78 Å². The Morgan fingerprint density at radius 2 is 2.12 bits per heavy atom. The lowest BCUT2D eigenvalue weighted by atomic mass is 10.1. The van der Waals surface area contributed by atoms with Crippen LogP contribution >= 0.6 is 0 Å². The van der Waals surface area contributed by atoms with Crippen molar-refractivity contribution in [2.24, 2.45) is 0 Å². The molecule has 0 atom stereocenters. The largest absolute Gasteiger partial charge is 0.384 e. The Hall–Kier alpha value is -1.93. The van der Waals surface area contributed by atoms with Crippen LogP contribution in [0.3, 0.4) is 0 Å². The number of amides is 1. The summed E-state index contributed by atoms with van der Waals surface area (Å²) >= 11 is 0. The second-order valence-corrected chi connectivity index (χ2v) is 3.11. The molecular weight excluding hydrogens is 228 g/mol. The van der Waals surface area contributed by atoms with Gasteiger partial charge in [-0.1, -0.05) is 24.0 Å². The zero-order chi connectivity index (χ0) is 12.7. The van der Waals surface area contributed by atoms with E-state index >= 15 is 0 Å². The molecule has 1 rings (SSSR count). The van der Waals surface area contributed by atoms with E-state index in [1.807, 2.05) is 0 Å². The van der Waals surface area contributed by atoms with Gasteiger partial charge >= 0.3 is 0 Å². The Morgan fingerprint density at radius 3 is 2.76 bits per heavy atom. The highest BCUT2D eigenvalue weighted by Crippen LogP contribution is 2.07. The van der Waals surface area contributed by atoms with Crippen LogP contribution in [0.2, 0.25) is 0 Å². The molecular formula is C12H11F2NO2. The number of aliphatic hydroxyl groups excluding tert-OH is 1. The first kappa shape index (κ1) is 13.1. The van der Waals surface area contributed by atoms with Crippen molar-refractivity contribution in [2.45, 2.75) is 6.43 Å². The summed E-state index contributed by atoms with van der Waals surface area (Å²) in [5, 5.41) is 10.7. The molecule has 0 radical (unpaired) electrons. The van der Waals surface area contributed by atoms with Crippen molar-refractivity contribution in [2.75, 3.05) is 13.2 Å². The molecule has 0 aliphatic rings. The van der Waals surface area contributed by atoms with Gasteiger partial charge in [0.15, 0.2) is 0 Å². The molecule has 0 heterocycles. The molecule has 17 heavy (non-hydrogen) atoms. The van der Waals surface area contributed by atoms with Gasteiger partial charge in [0.25, 0.3) is 12.3 Å². The number of halogens is 2. The Bertz CT molecular complexity index is 449. The van der Waals surface area contributed by atoms with Crippen molar-refractivity contribution in [3.8, 4) is 11.8 Å². The zero-order valence-electron chi connectivity index (χ0n) is 8.91. The summed E-state index contributed by atoms with van der Waals surface area (Å²) in [5.74, 6) is 4.38. The topological polar surface area (TPSA) is 49.3 Å². The van der Waals surface area contributed by atoms with Crippen molar-refractivity contribution >= 4 is 5.91 Å². The number of carbonyl (C=O) groups is 1. The monoisotopic (exact) mass is 239 g/mol. The number of hydrogen-bond acceptors (Lipinski definition) is 2. The van der Waals surface area contributed by atoms with Crippen LogP contribution in [0.15, 0.2) is 24.3 Å². The van der Waals surface area contributed by atoms with Crippen molar-refractivity contribution < 1.29 is 18.7 Å². The van der Waals surface area contributed by atoms with E-state index in [0.29, 0.717) is 5.56 Å². The standard InChI is InChI=1S/C12H11F2NO2/c13-11(14)8-15-12(17)10-6-2-1-4-9(10)5-3-7-16/h1-2,4,6,11,16H,7-8H2,(H,15,17). The molecule has 0 saturated heterocycles. The zero-order valence-corrected chi connectivity index (χ0v) is 8.91. The summed E-state index contributed by atoms with van der Waals surface area (Å²) in [7, 11) is 0. The smallest absolute Gasteiger partial charge is 0.255 e. The van der Waals surface area contributed by atoms with Crippen molar-refractivity contribution in [3.05, 3.63) is 35.4 Å². The van der Waals surface area contributed by atoms with Gasteiger partial charge in [0, 0.05) is 5.56 Å². The first-order valence-electron chi connectivity index (χ1n) is 4.90. The molecule has 5 heteroatoms. The molecule has 1 aromatic rings. The van der Waals surface area contributed by atoms with Crippen LogP contribution in [0, 0.1) is 11.8 Å². The lowest BCUT2D eigenvalue weighted by molar-refractivity contribution is 0.0891. The molecule has 0 aliphatic heterocycles. The van der Waals surface area contributed by atoms with E-state index in [0.717, 1.165) is 0 Å². The molecule has 0 aromatic heterocycles. The highest BCUT2D eigenvalue weighted by atomic mass is 19.3. The van der Waals surface area contributed by atoms with E-state index < -0.39 is 18.9 Å². The molecule has 90 valence electrons. The van der Waals surface area contributed by atoms with Gasteiger partial charge in [0.1, 0.15) is 6.61 Å². The van der Waals surface area contributed by atoms with E-state index in [1.165, 1.54) is 6.07 Å². The van der Waals surface area contributed by atoms with Crippen molar-refractivity contribution in [1.82, 2.24) is 5.32 Å². The average molecular weight is 239 g/mol. The Kier molecular flexibility index (Phi) is 5.11. The summed E-state index contributed by atoms with van der Waals surface area (Å²) in [6, 6.07) is 6.36. The normalized spacial score (nSPS) is 9.65. The van der Waals surface area contributed by atoms with E-state index in [9.17, 15) is 13.6 Å². The van der Waals surface area contributed by atoms with Crippen LogP contribution < -0.4 is 5.32 Å². The summed E-state index contributed by atoms with van der Waals surface area (Å²) in [4.78, 5) is 11.6. The Labute approximate surface area is 97.5 Å². The van der Waals surface area contributed by atoms with Gasteiger partial charge in [-0.05, 0) is 12.1 Å². The minimum atomic E-state index is -2.59. The molecule has 3 nitrogen and oxygen atoms in total. The van der Waals surface area contributed by atoms with Gasteiger partial charge in [0.2, 0.25) is 0 Å². The Morgan fingerprint density at radius 1 is 1.41 bits per heavy atom. The highest BCUT2D eigenvalue weighted by Gasteiger charge is 2.11. The molecule has 0 fully saturated rings. The molecule has 0 unspecified atom stereocenters. The summed E-state index contributed by atoms with van der Waals surface area (Å²) in [5.41, 5.74) is 0.613. The van der Waals surface area contributed by atoms with Gasteiger partial charge in [0.05, 0.1) is 12.1 Å². The highest BCUT2D eigenvalue weighted by molar-refractivity contribution is 5.96. The summed E-state index contributed by atoms with van der Waals surface area (Å²) < 4.78 is 23.9. The number of carbonyl (C=O) groups excluding carboxylic acids is 1. The van der Waals surface area contributed by atoms with Crippen molar-refractivity contribution in [3.63, 3.8) is 0 Å². The first-order valence-corrected chi connectivity index (χ1v) is 4.90. The molecule has 0 saturated carbocycles. The van der Waals surface area contributed by atoms with Gasteiger partial charge in [-0.3, -0.25) is 4.79 Å². The molecule has 0 spiro atoms. The predicted octanol–water partition coefficient (Wildman–Crippen LogP) is 1.03. The number of aliphatic hydroxyl groups is 1. The molecule has 2 N–H and O–H groups in total. The molecule has 0 aliphatic carbocycles. The maximum atomic E-state index is 11.9. The number of benzene rings is 1. The van der Waals surface area contributed by atoms with Crippen LogP contribution in [0.4, 0.5) is 8.78 Å². The lowest BCUT2D eigenvalue weighted by Gasteiger charge is -2.05. The number of hydrogen-bond donors (Lipinski definition) is 2. The number of nitrogens with one attached hydrogen (secondary N) is 1. The molecule has 1 aromatic carbocycles. The van der Waals surface area contributed by atoms with Gasteiger partial charge in [-0.15, -0.1) is 0 Å². The maximum Gasteiger partial charge on any atom is 0.255 e. The number of rotatable bonds is 3. The second-order valence-electron chi connectivity index (χ2n) is 3.11. The quantitative estimate of drug-likeness (QED) is 0.774. The fraction of sp³-hybridized carbons (Fsp3) is 0.250. The van der Waals surface area contributed by atoms with E-state index in [1.54, 1.807) is 18.2 Å². The lowest BCUT2D eigenvalue weighted by Crippen LogP contribution is -2.29. The second kappa shape index (κ2) is 6.61. The third-order valence-electron chi connectivity index (χ3n) is 1.89. The minimum Gasteiger partial charge on any atom is -0.384 e. The van der Waals surface area contributed by atoms with Crippen LogP contribution in [-0.4, -0.2) is 30.6 Å². The first-order chi connectivity index (χ1) is 8.15. The fourth-order valence-electron chi connectivity index (χ4n) is 1.19. The molecule has 1 amide bonds.